The molecule has 4 rings (SSSR count). The van der Waals surface area contributed by atoms with E-state index in [2.05, 4.69) is 0 Å². The lowest BCUT2D eigenvalue weighted by Crippen LogP contribution is -2.28. The minimum Gasteiger partial charge on any atom is -0.343 e. The van der Waals surface area contributed by atoms with Gasteiger partial charge >= 0.3 is 0 Å². The van der Waals surface area contributed by atoms with Gasteiger partial charge in [0.15, 0.2) is 17.5 Å². The molecule has 1 heterocycles. The number of carbonyl (C=O) groups is 2. The number of hydrogen-bond acceptors (Lipinski definition) is 3. The molecule has 0 radical (unpaired) electrons. The SMILES string of the molecule is O=C(c1ccccc1)[C@H]1O[C@]1(C(=O)c1ccccc1)c1ccccc1. The highest BCUT2D eigenvalue weighted by atomic mass is 16.6. The molecular formula is C22H16O3. The van der Waals surface area contributed by atoms with Gasteiger partial charge in [0, 0.05) is 11.1 Å². The highest BCUT2D eigenvalue weighted by molar-refractivity contribution is 6.13. The van der Waals surface area contributed by atoms with Gasteiger partial charge in [-0.1, -0.05) is 91.0 Å². The van der Waals surface area contributed by atoms with Gasteiger partial charge in [-0.15, -0.1) is 0 Å². The summed E-state index contributed by atoms with van der Waals surface area (Å²) >= 11 is 0. The van der Waals surface area contributed by atoms with Gasteiger partial charge in [0.25, 0.3) is 0 Å². The number of Topliss-reactive ketones (excluding diaryl/α,β-unsaturated/α-hetero) is 2. The Kier molecular flexibility index (Phi) is 3.79. The Morgan fingerprint density at radius 1 is 0.680 bits per heavy atom. The summed E-state index contributed by atoms with van der Waals surface area (Å²) in [6, 6.07) is 27.1. The van der Waals surface area contributed by atoms with Gasteiger partial charge in [-0.2, -0.15) is 0 Å². The normalized spacial score (nSPS) is 21.5. The fourth-order valence-electron chi connectivity index (χ4n) is 3.16. The van der Waals surface area contributed by atoms with Crippen LogP contribution in [0.3, 0.4) is 0 Å². The third-order valence-electron chi connectivity index (χ3n) is 4.49. The van der Waals surface area contributed by atoms with Crippen LogP contribution >= 0.6 is 0 Å². The van der Waals surface area contributed by atoms with Gasteiger partial charge < -0.3 is 4.74 Å². The number of rotatable bonds is 5. The molecule has 0 spiro atoms. The maximum Gasteiger partial charge on any atom is 0.202 e. The zero-order chi connectivity index (χ0) is 17.3. The standard InChI is InChI=1S/C22H16O3/c23-19(16-10-4-1-5-11-16)21-22(25-21,18-14-8-3-9-15-18)20(24)17-12-6-2-7-13-17/h1-15,21H/t21-,22+/m1/s1. The molecule has 0 bridgehead atoms. The quantitative estimate of drug-likeness (QED) is 0.524. The Labute approximate surface area is 145 Å². The smallest absolute Gasteiger partial charge is 0.202 e. The van der Waals surface area contributed by atoms with Crippen molar-refractivity contribution in [3.8, 4) is 0 Å². The summed E-state index contributed by atoms with van der Waals surface area (Å²) in [5, 5.41) is 0. The molecule has 0 aliphatic carbocycles. The molecular weight excluding hydrogens is 312 g/mol. The van der Waals surface area contributed by atoms with Crippen molar-refractivity contribution in [3.05, 3.63) is 108 Å². The van der Waals surface area contributed by atoms with Crippen molar-refractivity contribution >= 4 is 11.6 Å². The van der Waals surface area contributed by atoms with Crippen LogP contribution in [0.5, 0.6) is 0 Å². The van der Waals surface area contributed by atoms with E-state index in [9.17, 15) is 9.59 Å². The molecule has 0 aromatic heterocycles. The minimum atomic E-state index is -1.24. The molecule has 0 saturated carbocycles. The number of ether oxygens (including phenoxy) is 1. The lowest BCUT2D eigenvalue weighted by Gasteiger charge is -2.12. The second-order valence-electron chi connectivity index (χ2n) is 6.02. The van der Waals surface area contributed by atoms with E-state index in [1.54, 1.807) is 36.4 Å². The first-order valence-electron chi connectivity index (χ1n) is 8.16. The first kappa shape index (κ1) is 15.5. The van der Waals surface area contributed by atoms with Crippen LogP contribution in [0.25, 0.3) is 0 Å². The molecule has 3 aromatic carbocycles. The molecule has 0 N–H and O–H groups in total. The Bertz CT molecular complexity index is 904. The molecule has 0 unspecified atom stereocenters. The summed E-state index contributed by atoms with van der Waals surface area (Å²) in [6.07, 6.45) is -0.801. The van der Waals surface area contributed by atoms with Crippen LogP contribution in [-0.2, 0) is 10.3 Å². The van der Waals surface area contributed by atoms with Crippen molar-refractivity contribution in [2.75, 3.05) is 0 Å². The van der Waals surface area contributed by atoms with Gasteiger partial charge in [0.2, 0.25) is 5.78 Å². The molecule has 1 aliphatic rings. The summed E-state index contributed by atoms with van der Waals surface area (Å²) in [5.41, 5.74) is 0.550. The molecule has 3 heteroatoms. The van der Waals surface area contributed by atoms with Gasteiger partial charge in [-0.3, -0.25) is 9.59 Å². The van der Waals surface area contributed by atoms with Gasteiger partial charge in [0.1, 0.15) is 0 Å². The van der Waals surface area contributed by atoms with Crippen molar-refractivity contribution in [3.63, 3.8) is 0 Å². The second kappa shape index (κ2) is 6.11. The predicted octanol–water partition coefficient (Wildman–Crippen LogP) is 4.05. The van der Waals surface area contributed by atoms with Crippen LogP contribution in [-0.4, -0.2) is 17.7 Å². The van der Waals surface area contributed by atoms with Crippen molar-refractivity contribution in [1.82, 2.24) is 0 Å². The molecule has 0 amide bonds. The zero-order valence-electron chi connectivity index (χ0n) is 13.5. The van der Waals surface area contributed by atoms with Crippen LogP contribution in [0.15, 0.2) is 91.0 Å². The topological polar surface area (TPSA) is 46.7 Å². The number of carbonyl (C=O) groups excluding carboxylic acids is 2. The first-order chi connectivity index (χ1) is 12.2. The summed E-state index contributed by atoms with van der Waals surface area (Å²) in [7, 11) is 0. The molecule has 1 fully saturated rings. The Hall–Kier alpha value is -3.04. The van der Waals surface area contributed by atoms with Crippen LogP contribution in [0.1, 0.15) is 26.3 Å². The summed E-state index contributed by atoms with van der Waals surface area (Å²) in [4.78, 5) is 26.1. The van der Waals surface area contributed by atoms with E-state index in [0.717, 1.165) is 0 Å². The molecule has 2 atom stereocenters. The lowest BCUT2D eigenvalue weighted by atomic mass is 9.85. The highest BCUT2D eigenvalue weighted by Gasteiger charge is 2.66. The average Bonchev–Trinajstić information content (AvgIpc) is 3.46. The number of benzene rings is 3. The van der Waals surface area contributed by atoms with Crippen molar-refractivity contribution in [2.24, 2.45) is 0 Å². The van der Waals surface area contributed by atoms with E-state index < -0.39 is 11.7 Å². The van der Waals surface area contributed by atoms with E-state index in [1.165, 1.54) is 0 Å². The summed E-state index contributed by atoms with van der Waals surface area (Å²) in [5.74, 6) is -0.359. The highest BCUT2D eigenvalue weighted by Crippen LogP contribution is 2.50. The zero-order valence-corrected chi connectivity index (χ0v) is 13.5. The van der Waals surface area contributed by atoms with E-state index >= 15 is 0 Å². The third kappa shape index (κ3) is 2.59. The fraction of sp³-hybridized carbons (Fsp3) is 0.0909. The third-order valence-corrected chi connectivity index (χ3v) is 4.49. The Morgan fingerprint density at radius 3 is 1.72 bits per heavy atom. The van der Waals surface area contributed by atoms with Crippen molar-refractivity contribution in [1.29, 1.82) is 0 Å². The number of epoxide rings is 1. The Balaban J connectivity index is 1.75. The predicted molar refractivity (Wildman–Crippen MR) is 94.5 cm³/mol. The van der Waals surface area contributed by atoms with Gasteiger partial charge in [-0.25, -0.2) is 0 Å². The lowest BCUT2D eigenvalue weighted by molar-refractivity contribution is 0.0870. The van der Waals surface area contributed by atoms with E-state index in [-0.39, 0.29) is 11.6 Å². The molecule has 3 nitrogen and oxygen atoms in total. The van der Waals surface area contributed by atoms with Crippen LogP contribution in [0.4, 0.5) is 0 Å². The number of ketones is 2. The fourth-order valence-corrected chi connectivity index (χ4v) is 3.16. The van der Waals surface area contributed by atoms with Crippen LogP contribution in [0.2, 0.25) is 0 Å². The van der Waals surface area contributed by atoms with Crippen molar-refractivity contribution < 1.29 is 14.3 Å². The monoisotopic (exact) mass is 328 g/mol. The van der Waals surface area contributed by atoms with E-state index in [1.807, 2.05) is 54.6 Å². The first-order valence-corrected chi connectivity index (χ1v) is 8.16. The molecule has 1 saturated heterocycles. The maximum atomic E-state index is 13.2. The molecule has 1 aliphatic heterocycles. The van der Waals surface area contributed by atoms with Crippen molar-refractivity contribution in [2.45, 2.75) is 11.7 Å². The second-order valence-corrected chi connectivity index (χ2v) is 6.02. The van der Waals surface area contributed by atoms with Crippen LogP contribution in [0, 0.1) is 0 Å². The van der Waals surface area contributed by atoms with E-state index in [0.29, 0.717) is 16.7 Å². The number of hydrogen-bond donors (Lipinski definition) is 0. The van der Waals surface area contributed by atoms with Crippen LogP contribution < -0.4 is 0 Å². The summed E-state index contributed by atoms with van der Waals surface area (Å²) in [6.45, 7) is 0. The molecule has 3 aromatic rings. The average molecular weight is 328 g/mol. The maximum absolute atomic E-state index is 13.2. The minimum absolute atomic E-state index is 0.172. The van der Waals surface area contributed by atoms with Gasteiger partial charge in [0.05, 0.1) is 0 Å². The molecule has 122 valence electrons. The summed E-state index contributed by atoms with van der Waals surface area (Å²) < 4.78 is 5.82. The van der Waals surface area contributed by atoms with Gasteiger partial charge in [-0.05, 0) is 5.56 Å². The molecule has 25 heavy (non-hydrogen) atoms. The van der Waals surface area contributed by atoms with E-state index in [4.69, 9.17) is 4.74 Å². The largest absolute Gasteiger partial charge is 0.343 e. The Morgan fingerprint density at radius 2 is 1.16 bits per heavy atom.